The van der Waals surface area contributed by atoms with Gasteiger partial charge in [-0.1, -0.05) is 51.1 Å². The number of nitrogens with zero attached hydrogens (tertiary/aromatic N) is 2. The highest BCUT2D eigenvalue weighted by molar-refractivity contribution is 5.85. The van der Waals surface area contributed by atoms with E-state index in [4.69, 9.17) is 9.47 Å². The van der Waals surface area contributed by atoms with Crippen LogP contribution < -0.4 is 15.4 Å². The Labute approximate surface area is 239 Å². The number of hydrogen-bond acceptors (Lipinski definition) is 7. The molecule has 0 bridgehead atoms. The fourth-order valence-corrected chi connectivity index (χ4v) is 5.43. The largest absolute Gasteiger partial charge is 0.487 e. The first-order chi connectivity index (χ1) is 19.4. The molecule has 9 nitrogen and oxygen atoms in total. The number of amides is 2. The summed E-state index contributed by atoms with van der Waals surface area (Å²) in [5, 5.41) is 18.0. The number of aliphatic hydroxyl groups is 1. The van der Waals surface area contributed by atoms with Crippen molar-refractivity contribution in [3.8, 4) is 5.75 Å². The molecule has 2 fully saturated rings. The number of likely N-dealkylation sites (N-methyl/N-ethyl adjacent to an activating group) is 1. The number of ether oxygens (including phenoxy) is 2. The summed E-state index contributed by atoms with van der Waals surface area (Å²) in [6, 6.07) is 10.9. The summed E-state index contributed by atoms with van der Waals surface area (Å²) in [6.45, 7) is 8.45. The Kier molecular flexibility index (Phi) is 9.51. The predicted octanol–water partition coefficient (Wildman–Crippen LogP) is 3.26. The Balaban J connectivity index is 1.42. The second kappa shape index (κ2) is 12.7. The van der Waals surface area contributed by atoms with Crippen LogP contribution in [0.1, 0.15) is 39.7 Å². The lowest BCUT2D eigenvalue weighted by molar-refractivity contribution is -0.131. The highest BCUT2D eigenvalue weighted by atomic mass is 19.2. The lowest BCUT2D eigenvalue weighted by Crippen LogP contribution is -2.62. The van der Waals surface area contributed by atoms with Crippen LogP contribution in [0.4, 0.5) is 13.6 Å². The van der Waals surface area contributed by atoms with E-state index in [9.17, 15) is 23.5 Å². The predicted molar refractivity (Wildman–Crippen MR) is 149 cm³/mol. The van der Waals surface area contributed by atoms with Gasteiger partial charge in [0, 0.05) is 32.2 Å². The maximum atomic E-state index is 13.8. The molecule has 0 aromatic heterocycles. The van der Waals surface area contributed by atoms with Crippen molar-refractivity contribution >= 4 is 12.0 Å². The summed E-state index contributed by atoms with van der Waals surface area (Å²) in [4.78, 5) is 29.1. The van der Waals surface area contributed by atoms with Gasteiger partial charge < -0.3 is 25.2 Å². The Bertz CT molecular complexity index is 1210. The molecule has 2 aromatic rings. The summed E-state index contributed by atoms with van der Waals surface area (Å²) in [6.07, 6.45) is -1.40. The first-order valence-corrected chi connectivity index (χ1v) is 13.9. The maximum Gasteiger partial charge on any atom is 0.410 e. The van der Waals surface area contributed by atoms with Crippen LogP contribution >= 0.6 is 0 Å². The molecule has 41 heavy (non-hydrogen) atoms. The summed E-state index contributed by atoms with van der Waals surface area (Å²) in [5.74, 6) is -2.18. The van der Waals surface area contributed by atoms with Crippen molar-refractivity contribution in [1.82, 2.24) is 20.4 Å². The van der Waals surface area contributed by atoms with E-state index < -0.39 is 53.5 Å². The third-order valence-electron chi connectivity index (χ3n) is 7.96. The van der Waals surface area contributed by atoms with Gasteiger partial charge in [-0.2, -0.15) is 0 Å². The van der Waals surface area contributed by atoms with Crippen LogP contribution in [-0.4, -0.2) is 83.5 Å². The van der Waals surface area contributed by atoms with E-state index in [1.807, 2.05) is 56.0 Å². The summed E-state index contributed by atoms with van der Waals surface area (Å²) < 4.78 is 38.6. The molecule has 4 rings (SSSR count). The fourth-order valence-electron chi connectivity index (χ4n) is 5.43. The molecular weight excluding hydrogens is 534 g/mol. The molecule has 1 unspecified atom stereocenters. The molecule has 0 saturated carbocycles. The minimum atomic E-state index is -1.08. The van der Waals surface area contributed by atoms with Crippen molar-refractivity contribution in [3.63, 3.8) is 0 Å². The number of fused-ring (bicyclic) bond motifs is 1. The lowest BCUT2D eigenvalue weighted by Gasteiger charge is -2.42. The van der Waals surface area contributed by atoms with E-state index in [1.54, 1.807) is 6.92 Å². The highest BCUT2D eigenvalue weighted by Crippen LogP contribution is 2.33. The number of carbonyl (C=O) groups is 2. The molecule has 2 aliphatic rings. The van der Waals surface area contributed by atoms with E-state index in [0.29, 0.717) is 13.1 Å². The maximum absolute atomic E-state index is 13.8. The molecule has 6 atom stereocenters. The molecular formula is C30H40F2N4O5. The SMILES string of the molecule is C[C@@H](C(=O)N[C@H](C(O)N1CC[C@H]2NC[C@H](Oc3ccc(F)c(F)c3)[C@H]21)C(C)(C)C)N(C)C(=O)OCc1ccccc1. The first kappa shape index (κ1) is 30.7. The fraction of sp³-hybridized carbons (Fsp3) is 0.533. The quantitative estimate of drug-likeness (QED) is 0.423. The molecule has 0 aliphatic carbocycles. The van der Waals surface area contributed by atoms with E-state index in [1.165, 1.54) is 18.0 Å². The van der Waals surface area contributed by atoms with Crippen LogP contribution in [0, 0.1) is 17.0 Å². The summed E-state index contributed by atoms with van der Waals surface area (Å²) >= 11 is 0. The second-order valence-electron chi connectivity index (χ2n) is 11.9. The summed E-state index contributed by atoms with van der Waals surface area (Å²) in [7, 11) is 1.50. The molecule has 224 valence electrons. The van der Waals surface area contributed by atoms with Gasteiger partial charge in [0.05, 0.1) is 12.1 Å². The molecule has 2 heterocycles. The van der Waals surface area contributed by atoms with Gasteiger partial charge >= 0.3 is 6.09 Å². The van der Waals surface area contributed by atoms with Crippen LogP contribution in [0.2, 0.25) is 0 Å². The van der Waals surface area contributed by atoms with Gasteiger partial charge in [-0.15, -0.1) is 0 Å². The number of nitrogens with one attached hydrogen (secondary N) is 2. The van der Waals surface area contributed by atoms with Crippen molar-refractivity contribution in [1.29, 1.82) is 0 Å². The molecule has 0 radical (unpaired) electrons. The Morgan fingerprint density at radius 2 is 1.88 bits per heavy atom. The molecule has 2 aromatic carbocycles. The minimum absolute atomic E-state index is 0.0284. The number of aliphatic hydroxyl groups excluding tert-OH is 1. The average molecular weight is 575 g/mol. The first-order valence-electron chi connectivity index (χ1n) is 13.9. The number of carbonyl (C=O) groups excluding carboxylic acids is 2. The molecule has 2 saturated heterocycles. The molecule has 11 heteroatoms. The van der Waals surface area contributed by atoms with Gasteiger partial charge in [0.15, 0.2) is 11.6 Å². The van der Waals surface area contributed by atoms with Crippen molar-refractivity contribution < 1.29 is 33.0 Å². The molecule has 2 aliphatic heterocycles. The standard InChI is InChI=1S/C30H40F2N4O5/c1-18(35(5)29(39)40-17-19-9-7-6-8-10-19)27(37)34-26(30(2,3)4)28(38)36-14-13-23-25(36)24(16-33-23)41-20-11-12-21(31)22(32)15-20/h6-12,15,18,23-26,28,33,38H,13-14,16-17H2,1-5H3,(H,34,37)/t18-,23+,24-,25-,26+,28?/m0/s1. The van der Waals surface area contributed by atoms with Gasteiger partial charge in [0.1, 0.15) is 30.7 Å². The van der Waals surface area contributed by atoms with Crippen LogP contribution in [0.3, 0.4) is 0 Å². The molecule has 3 N–H and O–H groups in total. The van der Waals surface area contributed by atoms with Gasteiger partial charge in [-0.25, -0.2) is 13.6 Å². The van der Waals surface area contributed by atoms with Gasteiger partial charge in [0.25, 0.3) is 0 Å². The monoisotopic (exact) mass is 574 g/mol. The Morgan fingerprint density at radius 3 is 2.54 bits per heavy atom. The van der Waals surface area contributed by atoms with E-state index in [-0.39, 0.29) is 24.4 Å². The highest BCUT2D eigenvalue weighted by Gasteiger charge is 2.50. The Hall–Kier alpha value is -3.28. The van der Waals surface area contributed by atoms with Crippen molar-refractivity contribution in [2.24, 2.45) is 5.41 Å². The Morgan fingerprint density at radius 1 is 1.17 bits per heavy atom. The zero-order chi connectivity index (χ0) is 29.9. The van der Waals surface area contributed by atoms with Crippen LogP contribution in [0.5, 0.6) is 5.75 Å². The zero-order valence-electron chi connectivity index (χ0n) is 24.1. The third kappa shape index (κ3) is 7.14. The normalized spacial score (nSPS) is 22.9. The molecule has 0 spiro atoms. The van der Waals surface area contributed by atoms with Crippen molar-refractivity contribution in [2.45, 2.75) is 77.2 Å². The lowest BCUT2D eigenvalue weighted by atomic mass is 9.84. The zero-order valence-corrected chi connectivity index (χ0v) is 24.1. The van der Waals surface area contributed by atoms with Crippen LogP contribution in [0.25, 0.3) is 0 Å². The number of likely N-dealkylation sites (tertiary alicyclic amines) is 1. The van der Waals surface area contributed by atoms with Crippen molar-refractivity contribution in [3.05, 3.63) is 65.7 Å². The van der Waals surface area contributed by atoms with E-state index in [2.05, 4.69) is 10.6 Å². The number of hydrogen-bond donors (Lipinski definition) is 3. The van der Waals surface area contributed by atoms with Crippen LogP contribution in [-0.2, 0) is 16.1 Å². The smallest absolute Gasteiger partial charge is 0.410 e. The van der Waals surface area contributed by atoms with Gasteiger partial charge in [-0.3, -0.25) is 14.6 Å². The van der Waals surface area contributed by atoms with Gasteiger partial charge in [0.2, 0.25) is 5.91 Å². The number of benzene rings is 2. The topological polar surface area (TPSA) is 103 Å². The van der Waals surface area contributed by atoms with Crippen molar-refractivity contribution in [2.75, 3.05) is 20.1 Å². The summed E-state index contributed by atoms with van der Waals surface area (Å²) in [5.41, 5.74) is 0.279. The number of rotatable bonds is 9. The van der Waals surface area contributed by atoms with E-state index in [0.717, 1.165) is 24.1 Å². The second-order valence-corrected chi connectivity index (χ2v) is 11.9. The molecule has 2 amide bonds. The average Bonchev–Trinajstić information content (AvgIpc) is 3.54. The number of halogens is 2. The van der Waals surface area contributed by atoms with Crippen LogP contribution in [0.15, 0.2) is 48.5 Å². The van der Waals surface area contributed by atoms with E-state index >= 15 is 0 Å². The van der Waals surface area contributed by atoms with Gasteiger partial charge in [-0.05, 0) is 36.5 Å². The minimum Gasteiger partial charge on any atom is -0.487 e. The third-order valence-corrected chi connectivity index (χ3v) is 7.96.